The maximum Gasteiger partial charge on any atom is 0.337 e. The quantitative estimate of drug-likeness (QED) is 0.432. The van der Waals surface area contributed by atoms with Crippen molar-refractivity contribution < 1.29 is 23.8 Å². The molecule has 198 valence electrons. The van der Waals surface area contributed by atoms with Crippen LogP contribution < -0.4 is 9.64 Å². The van der Waals surface area contributed by atoms with Crippen LogP contribution >= 0.6 is 0 Å². The van der Waals surface area contributed by atoms with Gasteiger partial charge in [0.05, 0.1) is 17.9 Å². The minimum absolute atomic E-state index is 0.169. The lowest BCUT2D eigenvalue weighted by Gasteiger charge is -2.41. The fraction of sp³-hybridized carbons (Fsp3) is 0.607. The standard InChI is InChI=1S/C28H40FN3O4/c1-17(2)16-35-25-19(9-10-21(29)31-25)20-15-30-18(3)22(24(26(33)34)36-27(4,5)6)23(20)32-13-11-28(7,8)12-14-32/h9-10,15,17,24H,11-14,16H2,1-8H3,(H,33,34). The SMILES string of the molecule is Cc1ncc(-c2ccc(F)nc2OCC(C)C)c(N2CCC(C)(C)CC2)c1C(OC(C)(C)C)C(=O)O. The summed E-state index contributed by atoms with van der Waals surface area (Å²) in [7, 11) is 0. The van der Waals surface area contributed by atoms with E-state index in [1.807, 2.05) is 34.6 Å². The predicted octanol–water partition coefficient (Wildman–Crippen LogP) is 6.19. The molecule has 2 aromatic rings. The zero-order valence-electron chi connectivity index (χ0n) is 22.8. The van der Waals surface area contributed by atoms with E-state index in [4.69, 9.17) is 9.47 Å². The second kappa shape index (κ2) is 10.7. The lowest BCUT2D eigenvalue weighted by atomic mass is 9.82. The van der Waals surface area contributed by atoms with Gasteiger partial charge in [-0.05, 0) is 64.0 Å². The third-order valence-corrected chi connectivity index (χ3v) is 6.35. The van der Waals surface area contributed by atoms with Crippen LogP contribution in [0.25, 0.3) is 11.1 Å². The number of pyridine rings is 2. The number of rotatable bonds is 8. The highest BCUT2D eigenvalue weighted by atomic mass is 19.1. The summed E-state index contributed by atoms with van der Waals surface area (Å²) in [6.07, 6.45) is 2.38. The molecule has 1 atom stereocenters. The number of aromatic nitrogens is 2. The first-order valence-corrected chi connectivity index (χ1v) is 12.6. The summed E-state index contributed by atoms with van der Waals surface area (Å²) in [6.45, 7) is 17.7. The molecule has 7 nitrogen and oxygen atoms in total. The van der Waals surface area contributed by atoms with Crippen LogP contribution in [0.15, 0.2) is 18.3 Å². The van der Waals surface area contributed by atoms with Crippen LogP contribution in [0.5, 0.6) is 5.88 Å². The molecule has 1 saturated heterocycles. The van der Waals surface area contributed by atoms with Gasteiger partial charge in [-0.25, -0.2) is 4.79 Å². The summed E-state index contributed by atoms with van der Waals surface area (Å²) < 4.78 is 26.2. The third kappa shape index (κ3) is 6.72. The number of carboxylic acid groups (broad SMARTS) is 1. The second-order valence-electron chi connectivity index (χ2n) is 11.8. The number of aryl methyl sites for hydroxylation is 1. The average molecular weight is 502 g/mol. The topological polar surface area (TPSA) is 84.8 Å². The van der Waals surface area contributed by atoms with Crippen molar-refractivity contribution in [2.24, 2.45) is 11.3 Å². The summed E-state index contributed by atoms with van der Waals surface area (Å²) in [5.41, 5.74) is 2.54. The number of ether oxygens (including phenoxy) is 2. The summed E-state index contributed by atoms with van der Waals surface area (Å²) in [5.74, 6) is -1.34. The first kappa shape index (κ1) is 27.8. The van der Waals surface area contributed by atoms with Gasteiger partial charge in [0.1, 0.15) is 0 Å². The molecule has 2 aromatic heterocycles. The maximum absolute atomic E-state index is 14.2. The van der Waals surface area contributed by atoms with Gasteiger partial charge in [0.25, 0.3) is 0 Å². The third-order valence-electron chi connectivity index (χ3n) is 6.35. The molecule has 0 aromatic carbocycles. The van der Waals surface area contributed by atoms with Crippen molar-refractivity contribution >= 4 is 11.7 Å². The van der Waals surface area contributed by atoms with Crippen LogP contribution in [0, 0.1) is 24.2 Å². The molecule has 0 spiro atoms. The summed E-state index contributed by atoms with van der Waals surface area (Å²) >= 11 is 0. The van der Waals surface area contributed by atoms with E-state index in [1.165, 1.54) is 6.07 Å². The van der Waals surface area contributed by atoms with E-state index < -0.39 is 23.6 Å². The van der Waals surface area contributed by atoms with Crippen molar-refractivity contribution in [3.05, 3.63) is 35.5 Å². The van der Waals surface area contributed by atoms with Gasteiger partial charge in [-0.1, -0.05) is 27.7 Å². The highest BCUT2D eigenvalue weighted by molar-refractivity contribution is 5.87. The van der Waals surface area contributed by atoms with E-state index in [0.717, 1.165) is 31.6 Å². The first-order valence-electron chi connectivity index (χ1n) is 12.6. The fourth-order valence-corrected chi connectivity index (χ4v) is 4.36. The van der Waals surface area contributed by atoms with Crippen molar-refractivity contribution in [1.29, 1.82) is 0 Å². The minimum atomic E-state index is -1.23. The zero-order valence-corrected chi connectivity index (χ0v) is 22.8. The molecule has 0 bridgehead atoms. The van der Waals surface area contributed by atoms with Crippen molar-refractivity contribution in [1.82, 2.24) is 9.97 Å². The molecule has 0 radical (unpaired) electrons. The van der Waals surface area contributed by atoms with Crippen molar-refractivity contribution in [2.75, 3.05) is 24.6 Å². The van der Waals surface area contributed by atoms with E-state index >= 15 is 0 Å². The van der Waals surface area contributed by atoms with Crippen molar-refractivity contribution in [2.45, 2.75) is 79.9 Å². The summed E-state index contributed by atoms with van der Waals surface area (Å²) in [6, 6.07) is 2.92. The van der Waals surface area contributed by atoms with E-state index in [0.29, 0.717) is 29.0 Å². The Morgan fingerprint density at radius 3 is 2.39 bits per heavy atom. The van der Waals surface area contributed by atoms with Crippen LogP contribution in [-0.2, 0) is 9.53 Å². The number of anilines is 1. The van der Waals surface area contributed by atoms with E-state index in [-0.39, 0.29) is 17.2 Å². The molecule has 1 unspecified atom stereocenters. The first-order chi connectivity index (χ1) is 16.7. The number of carbonyl (C=O) groups is 1. The Balaban J connectivity index is 2.27. The molecule has 1 aliphatic rings. The monoisotopic (exact) mass is 501 g/mol. The lowest BCUT2D eigenvalue weighted by molar-refractivity contribution is -0.160. The number of hydrogen-bond donors (Lipinski definition) is 1. The Morgan fingerprint density at radius 2 is 1.83 bits per heavy atom. The molecule has 3 heterocycles. The van der Waals surface area contributed by atoms with Crippen LogP contribution in [0.2, 0.25) is 0 Å². The molecule has 1 N–H and O–H groups in total. The Morgan fingerprint density at radius 1 is 1.19 bits per heavy atom. The van der Waals surface area contributed by atoms with Gasteiger partial charge in [0.15, 0.2) is 6.10 Å². The van der Waals surface area contributed by atoms with Crippen molar-refractivity contribution in [3.63, 3.8) is 0 Å². The normalized spacial score (nSPS) is 16.8. The minimum Gasteiger partial charge on any atom is -0.479 e. The largest absolute Gasteiger partial charge is 0.479 e. The van der Waals surface area contributed by atoms with Crippen molar-refractivity contribution in [3.8, 4) is 17.0 Å². The smallest absolute Gasteiger partial charge is 0.337 e. The van der Waals surface area contributed by atoms with E-state index in [2.05, 4.69) is 28.7 Å². The van der Waals surface area contributed by atoms with Gasteiger partial charge in [0.2, 0.25) is 11.8 Å². The van der Waals surface area contributed by atoms with Gasteiger partial charge in [-0.3, -0.25) is 4.98 Å². The summed E-state index contributed by atoms with van der Waals surface area (Å²) in [5, 5.41) is 10.3. The molecule has 0 aliphatic carbocycles. The Labute approximate surface area is 214 Å². The molecular formula is C28H40FN3O4. The van der Waals surface area contributed by atoms with Crippen LogP contribution in [-0.4, -0.2) is 46.3 Å². The highest BCUT2D eigenvalue weighted by Gasteiger charge is 2.36. The molecular weight excluding hydrogens is 461 g/mol. The predicted molar refractivity (Wildman–Crippen MR) is 139 cm³/mol. The Bertz CT molecular complexity index is 1080. The number of piperidine rings is 1. The summed E-state index contributed by atoms with van der Waals surface area (Å²) in [4.78, 5) is 23.4. The fourth-order valence-electron chi connectivity index (χ4n) is 4.36. The number of hydrogen-bond acceptors (Lipinski definition) is 6. The van der Waals surface area contributed by atoms with Gasteiger partial charge in [-0.2, -0.15) is 9.37 Å². The maximum atomic E-state index is 14.2. The van der Waals surface area contributed by atoms with E-state index in [1.54, 1.807) is 19.2 Å². The number of carboxylic acids is 1. The van der Waals surface area contributed by atoms with Gasteiger partial charge >= 0.3 is 5.97 Å². The zero-order chi connectivity index (χ0) is 26.8. The molecule has 8 heteroatoms. The molecule has 1 fully saturated rings. The molecule has 36 heavy (non-hydrogen) atoms. The molecule has 1 aliphatic heterocycles. The van der Waals surface area contributed by atoms with Crippen LogP contribution in [0.4, 0.5) is 10.1 Å². The molecule has 0 saturated carbocycles. The van der Waals surface area contributed by atoms with Crippen LogP contribution in [0.3, 0.4) is 0 Å². The van der Waals surface area contributed by atoms with Gasteiger partial charge in [0, 0.05) is 41.7 Å². The molecule has 0 amide bonds. The highest BCUT2D eigenvalue weighted by Crippen LogP contribution is 2.45. The number of nitrogens with zero attached hydrogens (tertiary/aromatic N) is 3. The molecule has 3 rings (SSSR count). The Hall–Kier alpha value is -2.74. The average Bonchev–Trinajstić information content (AvgIpc) is 2.76. The van der Waals surface area contributed by atoms with E-state index in [9.17, 15) is 14.3 Å². The lowest BCUT2D eigenvalue weighted by Crippen LogP contribution is -2.39. The second-order valence-corrected chi connectivity index (χ2v) is 11.8. The van der Waals surface area contributed by atoms with Crippen LogP contribution in [0.1, 0.15) is 78.7 Å². The van der Waals surface area contributed by atoms with Gasteiger partial charge in [-0.15, -0.1) is 0 Å². The number of halogens is 1. The van der Waals surface area contributed by atoms with Gasteiger partial charge < -0.3 is 19.5 Å². The Kier molecular flexibility index (Phi) is 8.28. The number of aliphatic carboxylic acids is 1.